The highest BCUT2D eigenvalue weighted by Gasteiger charge is 2.31. The molecule has 0 saturated heterocycles. The maximum atomic E-state index is 12.8. The Bertz CT molecular complexity index is 1140. The van der Waals surface area contributed by atoms with E-state index < -0.39 is 10.0 Å². The van der Waals surface area contributed by atoms with Crippen LogP contribution in [-0.2, 0) is 22.9 Å². The first-order valence-electron chi connectivity index (χ1n) is 9.78. The molecule has 0 bridgehead atoms. The number of aryl methyl sites for hydroxylation is 2. The fourth-order valence-electron chi connectivity index (χ4n) is 4.15. The zero-order chi connectivity index (χ0) is 20.1. The van der Waals surface area contributed by atoms with Gasteiger partial charge in [0.1, 0.15) is 11.3 Å². The second-order valence-corrected chi connectivity index (χ2v) is 10.5. The lowest BCUT2D eigenvalue weighted by atomic mass is 9.71. The Balaban J connectivity index is 1.70. The van der Waals surface area contributed by atoms with Crippen molar-refractivity contribution in [3.63, 3.8) is 0 Å². The van der Waals surface area contributed by atoms with Crippen LogP contribution in [0.3, 0.4) is 0 Å². The Morgan fingerprint density at radius 2 is 1.86 bits per heavy atom. The zero-order valence-corrected chi connectivity index (χ0v) is 17.7. The summed E-state index contributed by atoms with van der Waals surface area (Å²) in [5.41, 5.74) is 3.60. The highest BCUT2D eigenvalue weighted by Crippen LogP contribution is 2.41. The average Bonchev–Trinajstić information content (AvgIpc) is 2.98. The molecule has 4 rings (SSSR count). The molecule has 0 radical (unpaired) electrons. The van der Waals surface area contributed by atoms with Crippen LogP contribution in [0.2, 0.25) is 0 Å². The molecule has 1 heterocycles. The summed E-state index contributed by atoms with van der Waals surface area (Å²) >= 11 is 0. The Hall–Kier alpha value is -2.27. The van der Waals surface area contributed by atoms with Crippen LogP contribution in [0.15, 0.2) is 51.8 Å². The highest BCUT2D eigenvalue weighted by molar-refractivity contribution is 7.92. The van der Waals surface area contributed by atoms with Crippen LogP contribution in [0.1, 0.15) is 44.1 Å². The molecule has 2 aromatic carbocycles. The molecule has 1 atom stereocenters. The van der Waals surface area contributed by atoms with Gasteiger partial charge in [0.15, 0.2) is 0 Å². The van der Waals surface area contributed by atoms with Crippen molar-refractivity contribution in [2.75, 3.05) is 4.72 Å². The number of sulfonamides is 1. The first-order chi connectivity index (χ1) is 13.1. The minimum Gasteiger partial charge on any atom is -0.461 e. The first kappa shape index (κ1) is 19.1. The second-order valence-electron chi connectivity index (χ2n) is 8.89. The van der Waals surface area contributed by atoms with Gasteiger partial charge in [-0.2, -0.15) is 0 Å². The van der Waals surface area contributed by atoms with E-state index in [1.807, 2.05) is 18.2 Å². The van der Waals surface area contributed by atoms with Crippen molar-refractivity contribution in [3.05, 3.63) is 59.4 Å². The molecule has 0 aliphatic heterocycles. The zero-order valence-electron chi connectivity index (χ0n) is 16.9. The molecule has 0 unspecified atom stereocenters. The van der Waals surface area contributed by atoms with E-state index in [1.165, 1.54) is 5.56 Å². The Kier molecular flexibility index (Phi) is 4.53. The Morgan fingerprint density at radius 1 is 1.11 bits per heavy atom. The van der Waals surface area contributed by atoms with Gasteiger partial charge in [-0.25, -0.2) is 8.42 Å². The number of fused-ring (bicyclic) bond motifs is 3. The summed E-state index contributed by atoms with van der Waals surface area (Å²) in [5, 5.41) is 1.02. The average molecular weight is 398 g/mol. The van der Waals surface area contributed by atoms with E-state index in [-0.39, 0.29) is 5.41 Å². The van der Waals surface area contributed by atoms with Crippen molar-refractivity contribution >= 4 is 26.7 Å². The van der Waals surface area contributed by atoms with E-state index >= 15 is 0 Å². The highest BCUT2D eigenvalue weighted by atomic mass is 32.2. The summed E-state index contributed by atoms with van der Waals surface area (Å²) in [5.74, 6) is 1.64. The Labute approximate surface area is 167 Å². The van der Waals surface area contributed by atoms with Crippen LogP contribution >= 0.6 is 0 Å². The number of benzene rings is 2. The van der Waals surface area contributed by atoms with Gasteiger partial charge in [0, 0.05) is 23.1 Å². The van der Waals surface area contributed by atoms with Gasteiger partial charge in [0.05, 0.1) is 4.90 Å². The molecule has 5 heteroatoms. The standard InChI is InChI=1S/C23H27NO3S/c1-15-7-5-6-8-22(15)28(25,26)24-17-10-12-21-19(14-17)18-13-16(23(2,3)4)9-11-20(18)27-21/h5-8,10,12,14,16,24H,9,11,13H2,1-4H3/t16-/m1/s1. The number of furan rings is 1. The molecule has 4 nitrogen and oxygen atoms in total. The minimum absolute atomic E-state index is 0.241. The van der Waals surface area contributed by atoms with Gasteiger partial charge in [0.2, 0.25) is 0 Å². The van der Waals surface area contributed by atoms with Crippen molar-refractivity contribution in [1.29, 1.82) is 0 Å². The minimum atomic E-state index is -3.63. The second kappa shape index (κ2) is 6.66. The van der Waals surface area contributed by atoms with Crippen LogP contribution in [-0.4, -0.2) is 8.42 Å². The fourth-order valence-corrected chi connectivity index (χ4v) is 5.45. The third-order valence-corrected chi connectivity index (χ3v) is 7.45. The first-order valence-corrected chi connectivity index (χ1v) is 11.3. The maximum absolute atomic E-state index is 12.8. The summed E-state index contributed by atoms with van der Waals surface area (Å²) in [4.78, 5) is 0.303. The lowest BCUT2D eigenvalue weighted by molar-refractivity contribution is 0.210. The van der Waals surface area contributed by atoms with Gasteiger partial charge in [-0.3, -0.25) is 4.72 Å². The number of nitrogens with one attached hydrogen (secondary N) is 1. The van der Waals surface area contributed by atoms with Gasteiger partial charge < -0.3 is 4.42 Å². The normalized spacial score (nSPS) is 17.5. The largest absolute Gasteiger partial charge is 0.461 e. The third-order valence-electron chi connectivity index (χ3n) is 5.90. The monoisotopic (exact) mass is 397 g/mol. The molecular weight excluding hydrogens is 370 g/mol. The predicted molar refractivity (Wildman–Crippen MR) is 113 cm³/mol. The number of hydrogen-bond donors (Lipinski definition) is 1. The van der Waals surface area contributed by atoms with E-state index in [0.29, 0.717) is 16.5 Å². The van der Waals surface area contributed by atoms with E-state index in [1.54, 1.807) is 31.2 Å². The van der Waals surface area contributed by atoms with E-state index in [2.05, 4.69) is 25.5 Å². The molecule has 1 aromatic heterocycles. The number of anilines is 1. The van der Waals surface area contributed by atoms with Gasteiger partial charge in [-0.05, 0) is 60.9 Å². The van der Waals surface area contributed by atoms with E-state index in [0.717, 1.165) is 41.6 Å². The smallest absolute Gasteiger partial charge is 0.262 e. The third kappa shape index (κ3) is 3.44. The van der Waals surface area contributed by atoms with E-state index in [9.17, 15) is 8.42 Å². The summed E-state index contributed by atoms with van der Waals surface area (Å²) in [6.45, 7) is 8.66. The van der Waals surface area contributed by atoms with Crippen molar-refractivity contribution in [3.8, 4) is 0 Å². The topological polar surface area (TPSA) is 59.3 Å². The van der Waals surface area contributed by atoms with Crippen LogP contribution < -0.4 is 4.72 Å². The molecule has 1 aliphatic rings. The molecule has 0 fully saturated rings. The van der Waals surface area contributed by atoms with Crippen molar-refractivity contribution in [1.82, 2.24) is 0 Å². The lowest BCUT2D eigenvalue weighted by Gasteiger charge is -2.33. The van der Waals surface area contributed by atoms with Gasteiger partial charge in [-0.15, -0.1) is 0 Å². The Morgan fingerprint density at radius 3 is 2.57 bits per heavy atom. The summed E-state index contributed by atoms with van der Waals surface area (Å²) < 4.78 is 34.5. The maximum Gasteiger partial charge on any atom is 0.262 e. The molecule has 1 N–H and O–H groups in total. The quantitative estimate of drug-likeness (QED) is 0.617. The van der Waals surface area contributed by atoms with Crippen LogP contribution in [0, 0.1) is 18.3 Å². The van der Waals surface area contributed by atoms with Crippen molar-refractivity contribution < 1.29 is 12.8 Å². The molecule has 1 aliphatic carbocycles. The van der Waals surface area contributed by atoms with Crippen LogP contribution in [0.4, 0.5) is 5.69 Å². The number of hydrogen-bond acceptors (Lipinski definition) is 3. The fraction of sp³-hybridized carbons (Fsp3) is 0.391. The molecule has 0 amide bonds. The SMILES string of the molecule is Cc1ccccc1S(=O)(=O)Nc1ccc2oc3c(c2c1)C[C@H](C(C)(C)C)CC3. The van der Waals surface area contributed by atoms with Crippen molar-refractivity contribution in [2.45, 2.75) is 51.9 Å². The number of rotatable bonds is 3. The summed E-state index contributed by atoms with van der Waals surface area (Å²) in [7, 11) is -3.63. The molecule has 0 spiro atoms. The van der Waals surface area contributed by atoms with Gasteiger partial charge in [-0.1, -0.05) is 39.0 Å². The molecule has 3 aromatic rings. The molecule has 148 valence electrons. The van der Waals surface area contributed by atoms with Gasteiger partial charge >= 0.3 is 0 Å². The van der Waals surface area contributed by atoms with Crippen molar-refractivity contribution in [2.24, 2.45) is 11.3 Å². The molecule has 0 saturated carbocycles. The van der Waals surface area contributed by atoms with Crippen LogP contribution in [0.25, 0.3) is 11.0 Å². The predicted octanol–water partition coefficient (Wildman–Crippen LogP) is 5.69. The molecule has 28 heavy (non-hydrogen) atoms. The van der Waals surface area contributed by atoms with Crippen LogP contribution in [0.5, 0.6) is 0 Å². The lowest BCUT2D eigenvalue weighted by Crippen LogP contribution is -2.26. The van der Waals surface area contributed by atoms with Gasteiger partial charge in [0.25, 0.3) is 10.0 Å². The summed E-state index contributed by atoms with van der Waals surface area (Å²) in [6.07, 6.45) is 3.04. The van der Waals surface area contributed by atoms with E-state index in [4.69, 9.17) is 4.42 Å². The molecular formula is C23H27NO3S. The summed E-state index contributed by atoms with van der Waals surface area (Å²) in [6, 6.07) is 12.6.